The van der Waals surface area contributed by atoms with E-state index in [4.69, 9.17) is 4.74 Å². The Morgan fingerprint density at radius 1 is 0.920 bits per heavy atom. The zero-order valence-corrected chi connectivity index (χ0v) is 13.5. The molecule has 124 valence electrons. The first kappa shape index (κ1) is 15.2. The number of carbonyl (C=O) groups is 1. The number of nitrogens with zero attached hydrogens (tertiary/aromatic N) is 1. The fourth-order valence-corrected chi connectivity index (χ4v) is 2.82. The molecule has 0 saturated carbocycles. The van der Waals surface area contributed by atoms with Crippen molar-refractivity contribution in [1.29, 1.82) is 0 Å². The molecule has 2 N–H and O–H groups in total. The lowest BCUT2D eigenvalue weighted by Gasteiger charge is -2.10. The van der Waals surface area contributed by atoms with Gasteiger partial charge in [0.05, 0.1) is 12.2 Å². The van der Waals surface area contributed by atoms with Crippen LogP contribution in [0.25, 0.3) is 10.8 Å². The van der Waals surface area contributed by atoms with Crippen LogP contribution in [0.2, 0.25) is 0 Å². The smallest absolute Gasteiger partial charge is 0.323 e. The average molecular weight is 331 g/mol. The van der Waals surface area contributed by atoms with E-state index in [1.165, 1.54) is 0 Å². The SMILES string of the molecule is O=C(Nc1ccc(C2=NCCO2)cc1)Nc1cccc2ccccc12. The van der Waals surface area contributed by atoms with Gasteiger partial charge in [0, 0.05) is 16.6 Å². The van der Waals surface area contributed by atoms with E-state index in [9.17, 15) is 4.79 Å². The highest BCUT2D eigenvalue weighted by Crippen LogP contribution is 2.23. The van der Waals surface area contributed by atoms with Crippen LogP contribution in [0.15, 0.2) is 71.7 Å². The third kappa shape index (κ3) is 3.30. The maximum Gasteiger partial charge on any atom is 0.323 e. The van der Waals surface area contributed by atoms with Crippen molar-refractivity contribution in [3.63, 3.8) is 0 Å². The van der Waals surface area contributed by atoms with Gasteiger partial charge >= 0.3 is 6.03 Å². The van der Waals surface area contributed by atoms with Crippen LogP contribution < -0.4 is 10.6 Å². The summed E-state index contributed by atoms with van der Waals surface area (Å²) in [5.74, 6) is 0.659. The monoisotopic (exact) mass is 331 g/mol. The van der Waals surface area contributed by atoms with Crippen LogP contribution in [0, 0.1) is 0 Å². The molecule has 3 aromatic rings. The summed E-state index contributed by atoms with van der Waals surface area (Å²) < 4.78 is 5.43. The summed E-state index contributed by atoms with van der Waals surface area (Å²) in [6.45, 7) is 1.32. The Bertz CT molecular complexity index is 943. The second kappa shape index (κ2) is 6.65. The van der Waals surface area contributed by atoms with Gasteiger partial charge in [-0.3, -0.25) is 0 Å². The molecule has 5 heteroatoms. The van der Waals surface area contributed by atoms with Crippen LogP contribution in [0.3, 0.4) is 0 Å². The Hall–Kier alpha value is -3.34. The van der Waals surface area contributed by atoms with Gasteiger partial charge in [-0.1, -0.05) is 36.4 Å². The molecule has 0 bridgehead atoms. The molecule has 0 saturated heterocycles. The molecule has 25 heavy (non-hydrogen) atoms. The highest BCUT2D eigenvalue weighted by atomic mass is 16.5. The first-order chi connectivity index (χ1) is 12.3. The van der Waals surface area contributed by atoms with Gasteiger partial charge in [0.2, 0.25) is 5.90 Å². The second-order valence-electron chi connectivity index (χ2n) is 5.72. The number of hydrogen-bond acceptors (Lipinski definition) is 3. The van der Waals surface area contributed by atoms with Crippen molar-refractivity contribution in [2.45, 2.75) is 0 Å². The fraction of sp³-hybridized carbons (Fsp3) is 0.100. The Kier molecular flexibility index (Phi) is 4.04. The van der Waals surface area contributed by atoms with Gasteiger partial charge in [-0.05, 0) is 35.7 Å². The molecule has 0 aromatic heterocycles. The van der Waals surface area contributed by atoms with Gasteiger partial charge in [0.1, 0.15) is 6.61 Å². The molecular formula is C20H17N3O2. The summed E-state index contributed by atoms with van der Waals surface area (Å²) in [4.78, 5) is 16.6. The van der Waals surface area contributed by atoms with E-state index in [0.29, 0.717) is 24.7 Å². The number of aliphatic imine (C=N–C) groups is 1. The summed E-state index contributed by atoms with van der Waals surface area (Å²) in [5.41, 5.74) is 2.40. The molecule has 0 fully saturated rings. The number of amides is 2. The summed E-state index contributed by atoms with van der Waals surface area (Å²) in [6.07, 6.45) is 0. The number of nitrogens with one attached hydrogen (secondary N) is 2. The van der Waals surface area contributed by atoms with Gasteiger partial charge in [-0.25, -0.2) is 9.79 Å². The predicted molar refractivity (Wildman–Crippen MR) is 100 cm³/mol. The number of carbonyl (C=O) groups excluding carboxylic acids is 1. The molecule has 0 spiro atoms. The largest absolute Gasteiger partial charge is 0.476 e. The summed E-state index contributed by atoms with van der Waals surface area (Å²) >= 11 is 0. The Balaban J connectivity index is 1.46. The minimum Gasteiger partial charge on any atom is -0.476 e. The zero-order chi connectivity index (χ0) is 17.1. The minimum atomic E-state index is -0.279. The number of ether oxygens (including phenoxy) is 1. The molecule has 1 aliphatic rings. The summed E-state index contributed by atoms with van der Waals surface area (Å²) in [5, 5.41) is 7.84. The van der Waals surface area contributed by atoms with E-state index in [1.54, 1.807) is 0 Å². The van der Waals surface area contributed by atoms with Crippen molar-refractivity contribution in [2.24, 2.45) is 4.99 Å². The van der Waals surface area contributed by atoms with Crippen LogP contribution in [-0.2, 0) is 4.74 Å². The lowest BCUT2D eigenvalue weighted by atomic mass is 10.1. The van der Waals surface area contributed by atoms with Gasteiger partial charge in [0.15, 0.2) is 0 Å². The van der Waals surface area contributed by atoms with E-state index in [-0.39, 0.29) is 6.03 Å². The number of benzene rings is 3. The quantitative estimate of drug-likeness (QED) is 0.753. The van der Waals surface area contributed by atoms with E-state index in [0.717, 1.165) is 22.0 Å². The topological polar surface area (TPSA) is 62.7 Å². The summed E-state index contributed by atoms with van der Waals surface area (Å²) in [7, 11) is 0. The van der Waals surface area contributed by atoms with Crippen molar-refractivity contribution in [1.82, 2.24) is 0 Å². The number of urea groups is 1. The summed E-state index contributed by atoms with van der Waals surface area (Å²) in [6, 6.07) is 20.9. The van der Waals surface area contributed by atoms with E-state index < -0.39 is 0 Å². The van der Waals surface area contributed by atoms with Gasteiger partial charge < -0.3 is 15.4 Å². The van der Waals surface area contributed by atoms with Crippen molar-refractivity contribution in [2.75, 3.05) is 23.8 Å². The van der Waals surface area contributed by atoms with Crippen molar-refractivity contribution >= 4 is 34.1 Å². The Morgan fingerprint density at radius 2 is 1.72 bits per heavy atom. The van der Waals surface area contributed by atoms with Gasteiger partial charge in [0.25, 0.3) is 0 Å². The second-order valence-corrected chi connectivity index (χ2v) is 5.72. The maximum atomic E-state index is 12.3. The van der Waals surface area contributed by atoms with Gasteiger partial charge in [-0.15, -0.1) is 0 Å². The lowest BCUT2D eigenvalue weighted by molar-refractivity contribution is 0.262. The fourth-order valence-electron chi connectivity index (χ4n) is 2.82. The Labute approximate surface area is 145 Å². The van der Waals surface area contributed by atoms with Gasteiger partial charge in [-0.2, -0.15) is 0 Å². The maximum absolute atomic E-state index is 12.3. The number of fused-ring (bicyclic) bond motifs is 1. The van der Waals surface area contributed by atoms with Crippen molar-refractivity contribution < 1.29 is 9.53 Å². The van der Waals surface area contributed by atoms with E-state index in [2.05, 4.69) is 15.6 Å². The molecule has 0 unspecified atom stereocenters. The number of hydrogen-bond donors (Lipinski definition) is 2. The van der Waals surface area contributed by atoms with Crippen LogP contribution >= 0.6 is 0 Å². The highest BCUT2D eigenvalue weighted by molar-refractivity contribution is 6.06. The number of rotatable bonds is 3. The van der Waals surface area contributed by atoms with Crippen molar-refractivity contribution in [3.8, 4) is 0 Å². The van der Waals surface area contributed by atoms with Crippen LogP contribution in [-0.4, -0.2) is 25.1 Å². The van der Waals surface area contributed by atoms with E-state index >= 15 is 0 Å². The zero-order valence-electron chi connectivity index (χ0n) is 13.5. The molecule has 3 aromatic carbocycles. The molecule has 1 aliphatic heterocycles. The number of anilines is 2. The highest BCUT2D eigenvalue weighted by Gasteiger charge is 2.10. The third-order valence-corrected chi connectivity index (χ3v) is 4.01. The molecule has 4 rings (SSSR count). The molecular weight excluding hydrogens is 314 g/mol. The minimum absolute atomic E-state index is 0.279. The standard InChI is InChI=1S/C20H17N3O2/c24-20(23-18-7-3-5-14-4-1-2-6-17(14)18)22-16-10-8-15(9-11-16)19-21-12-13-25-19/h1-11H,12-13H2,(H2,22,23,24). The first-order valence-corrected chi connectivity index (χ1v) is 8.13. The first-order valence-electron chi connectivity index (χ1n) is 8.13. The molecule has 5 nitrogen and oxygen atoms in total. The molecule has 1 heterocycles. The van der Waals surface area contributed by atoms with Crippen LogP contribution in [0.5, 0.6) is 0 Å². The molecule has 2 amide bonds. The Morgan fingerprint density at radius 3 is 2.52 bits per heavy atom. The molecule has 0 aliphatic carbocycles. The van der Waals surface area contributed by atoms with Crippen LogP contribution in [0.4, 0.5) is 16.2 Å². The average Bonchev–Trinajstić information content (AvgIpc) is 3.17. The lowest BCUT2D eigenvalue weighted by Crippen LogP contribution is -2.19. The third-order valence-electron chi connectivity index (χ3n) is 4.01. The predicted octanol–water partition coefficient (Wildman–Crippen LogP) is 4.26. The van der Waals surface area contributed by atoms with E-state index in [1.807, 2.05) is 66.7 Å². The van der Waals surface area contributed by atoms with Crippen LogP contribution in [0.1, 0.15) is 5.56 Å². The normalized spacial score (nSPS) is 13.2. The molecule has 0 atom stereocenters. The molecule has 0 radical (unpaired) electrons. The van der Waals surface area contributed by atoms with Crippen molar-refractivity contribution in [3.05, 3.63) is 72.3 Å².